The molecule has 1 heterocycles. The molecule has 0 aliphatic heterocycles. The lowest BCUT2D eigenvalue weighted by Gasteiger charge is -2.17. The molecule has 19 heavy (non-hydrogen) atoms. The highest BCUT2D eigenvalue weighted by Gasteiger charge is 2.15. The first-order valence-corrected chi connectivity index (χ1v) is 5.51. The van der Waals surface area contributed by atoms with Crippen molar-refractivity contribution in [3.8, 4) is 12.1 Å². The van der Waals surface area contributed by atoms with Crippen molar-refractivity contribution in [2.75, 3.05) is 29.9 Å². The molecule has 0 bridgehead atoms. The average Bonchev–Trinajstić information content (AvgIpc) is 2.38. The van der Waals surface area contributed by atoms with Crippen molar-refractivity contribution in [1.82, 2.24) is 4.98 Å². The standard InChI is InChI=1S/C11H12N6O2/c1-2-14-10-7-9(17(18)19)8-11(15-10)16(5-3-12)6-4-13/h7-8H,2,5-6H2,1H3,(H,14,15). The Morgan fingerprint density at radius 3 is 2.53 bits per heavy atom. The van der Waals surface area contributed by atoms with Crippen LogP contribution < -0.4 is 10.2 Å². The number of nitrogens with one attached hydrogen (secondary N) is 1. The third kappa shape index (κ3) is 3.82. The third-order valence-electron chi connectivity index (χ3n) is 2.21. The summed E-state index contributed by atoms with van der Waals surface area (Å²) in [7, 11) is 0. The van der Waals surface area contributed by atoms with Crippen LogP contribution in [0.5, 0.6) is 0 Å². The van der Waals surface area contributed by atoms with E-state index in [-0.39, 0.29) is 24.6 Å². The first kappa shape index (κ1) is 14.2. The van der Waals surface area contributed by atoms with Gasteiger partial charge in [0.05, 0.1) is 29.2 Å². The molecule has 0 spiro atoms. The molecule has 1 N–H and O–H groups in total. The van der Waals surface area contributed by atoms with E-state index in [9.17, 15) is 10.1 Å². The first-order valence-electron chi connectivity index (χ1n) is 5.51. The van der Waals surface area contributed by atoms with Gasteiger partial charge in [-0.1, -0.05) is 0 Å². The summed E-state index contributed by atoms with van der Waals surface area (Å²) in [5.74, 6) is 0.570. The lowest BCUT2D eigenvalue weighted by Crippen LogP contribution is -2.25. The predicted octanol–water partition coefficient (Wildman–Crippen LogP) is 1.28. The van der Waals surface area contributed by atoms with Gasteiger partial charge in [0.25, 0.3) is 5.69 Å². The molecule has 0 amide bonds. The summed E-state index contributed by atoms with van der Waals surface area (Å²) in [4.78, 5) is 15.8. The minimum absolute atomic E-state index is 0.0622. The molecule has 0 saturated carbocycles. The van der Waals surface area contributed by atoms with Gasteiger partial charge in [0.1, 0.15) is 24.7 Å². The number of nitrogens with zero attached hydrogens (tertiary/aromatic N) is 5. The predicted molar refractivity (Wildman–Crippen MR) is 68.5 cm³/mol. The zero-order valence-corrected chi connectivity index (χ0v) is 10.3. The van der Waals surface area contributed by atoms with Gasteiger partial charge in [-0.05, 0) is 6.92 Å². The second-order valence-corrected chi connectivity index (χ2v) is 3.53. The molecular formula is C11H12N6O2. The van der Waals surface area contributed by atoms with Crippen LogP contribution in [0.3, 0.4) is 0 Å². The maximum absolute atomic E-state index is 10.8. The number of aromatic nitrogens is 1. The molecule has 0 radical (unpaired) electrons. The van der Waals surface area contributed by atoms with Crippen LogP contribution in [-0.4, -0.2) is 29.5 Å². The summed E-state index contributed by atoms with van der Waals surface area (Å²) in [6, 6.07) is 6.35. The summed E-state index contributed by atoms with van der Waals surface area (Å²) < 4.78 is 0. The van der Waals surface area contributed by atoms with E-state index in [0.29, 0.717) is 12.4 Å². The highest BCUT2D eigenvalue weighted by Crippen LogP contribution is 2.23. The molecule has 0 saturated heterocycles. The van der Waals surface area contributed by atoms with E-state index in [2.05, 4.69) is 10.3 Å². The summed E-state index contributed by atoms with van der Waals surface area (Å²) >= 11 is 0. The smallest absolute Gasteiger partial charge is 0.276 e. The highest BCUT2D eigenvalue weighted by atomic mass is 16.6. The van der Waals surface area contributed by atoms with Gasteiger partial charge in [0, 0.05) is 6.54 Å². The third-order valence-corrected chi connectivity index (χ3v) is 2.21. The largest absolute Gasteiger partial charge is 0.370 e. The molecule has 8 heteroatoms. The maximum atomic E-state index is 10.8. The van der Waals surface area contributed by atoms with E-state index in [4.69, 9.17) is 10.5 Å². The van der Waals surface area contributed by atoms with Crippen molar-refractivity contribution in [2.24, 2.45) is 0 Å². The Hall–Kier alpha value is -2.87. The fourth-order valence-electron chi connectivity index (χ4n) is 1.43. The average molecular weight is 260 g/mol. The number of rotatable bonds is 6. The summed E-state index contributed by atoms with van der Waals surface area (Å²) in [5, 5.41) is 31.1. The number of hydrogen-bond acceptors (Lipinski definition) is 7. The van der Waals surface area contributed by atoms with Crippen molar-refractivity contribution in [3.05, 3.63) is 22.2 Å². The molecule has 0 aliphatic rings. The van der Waals surface area contributed by atoms with Gasteiger partial charge < -0.3 is 10.2 Å². The van der Waals surface area contributed by atoms with Crippen molar-refractivity contribution in [3.63, 3.8) is 0 Å². The van der Waals surface area contributed by atoms with Crippen LogP contribution in [0.25, 0.3) is 0 Å². The van der Waals surface area contributed by atoms with Crippen LogP contribution in [0.4, 0.5) is 17.3 Å². The van der Waals surface area contributed by atoms with Crippen molar-refractivity contribution < 1.29 is 4.92 Å². The Kier molecular flexibility index (Phi) is 5.05. The van der Waals surface area contributed by atoms with E-state index in [1.54, 1.807) is 0 Å². The first-order chi connectivity index (χ1) is 9.12. The zero-order chi connectivity index (χ0) is 14.3. The Balaban J connectivity index is 3.20. The summed E-state index contributed by atoms with van der Waals surface area (Å²) in [6.07, 6.45) is 0. The van der Waals surface area contributed by atoms with Gasteiger partial charge >= 0.3 is 0 Å². The fourth-order valence-corrected chi connectivity index (χ4v) is 1.43. The van der Waals surface area contributed by atoms with Crippen LogP contribution in [0.2, 0.25) is 0 Å². The molecule has 0 fully saturated rings. The Bertz CT molecular complexity index is 529. The quantitative estimate of drug-likeness (QED) is 0.464. The normalized spacial score (nSPS) is 9.21. The molecule has 0 atom stereocenters. The van der Waals surface area contributed by atoms with Gasteiger partial charge in [-0.25, -0.2) is 4.98 Å². The minimum atomic E-state index is -0.539. The summed E-state index contributed by atoms with van der Waals surface area (Å²) in [5.41, 5.74) is -0.137. The van der Waals surface area contributed by atoms with E-state index in [1.807, 2.05) is 19.1 Å². The van der Waals surface area contributed by atoms with Crippen molar-refractivity contribution in [1.29, 1.82) is 10.5 Å². The van der Waals surface area contributed by atoms with E-state index in [0.717, 1.165) is 0 Å². The minimum Gasteiger partial charge on any atom is -0.370 e. The van der Waals surface area contributed by atoms with Crippen LogP contribution >= 0.6 is 0 Å². The number of pyridine rings is 1. The number of anilines is 2. The Labute approximate surface area is 110 Å². The molecule has 0 unspecified atom stereocenters. The van der Waals surface area contributed by atoms with Crippen molar-refractivity contribution >= 4 is 17.3 Å². The number of nitriles is 2. The van der Waals surface area contributed by atoms with Gasteiger partial charge in [0.2, 0.25) is 0 Å². The van der Waals surface area contributed by atoms with Crippen LogP contribution in [-0.2, 0) is 0 Å². The lowest BCUT2D eigenvalue weighted by atomic mass is 10.3. The molecule has 1 rings (SSSR count). The topological polar surface area (TPSA) is 119 Å². The Morgan fingerprint density at radius 1 is 1.42 bits per heavy atom. The van der Waals surface area contributed by atoms with Gasteiger partial charge in [-0.3, -0.25) is 10.1 Å². The summed E-state index contributed by atoms with van der Waals surface area (Å²) in [6.45, 7) is 2.27. The second-order valence-electron chi connectivity index (χ2n) is 3.53. The second kappa shape index (κ2) is 6.77. The number of nitro groups is 1. The van der Waals surface area contributed by atoms with E-state index < -0.39 is 4.92 Å². The van der Waals surface area contributed by atoms with E-state index in [1.165, 1.54) is 17.0 Å². The molecule has 0 aromatic carbocycles. The molecule has 8 nitrogen and oxygen atoms in total. The highest BCUT2D eigenvalue weighted by molar-refractivity contribution is 5.56. The SMILES string of the molecule is CCNc1cc([N+](=O)[O-])cc(N(CC#N)CC#N)n1. The van der Waals surface area contributed by atoms with Crippen LogP contribution in [0, 0.1) is 32.8 Å². The van der Waals surface area contributed by atoms with Gasteiger partial charge in [0.15, 0.2) is 0 Å². The molecular weight excluding hydrogens is 248 g/mol. The molecule has 1 aromatic heterocycles. The molecule has 98 valence electrons. The van der Waals surface area contributed by atoms with E-state index >= 15 is 0 Å². The van der Waals surface area contributed by atoms with Gasteiger partial charge in [-0.15, -0.1) is 0 Å². The Morgan fingerprint density at radius 2 is 2.05 bits per heavy atom. The van der Waals surface area contributed by atoms with Gasteiger partial charge in [-0.2, -0.15) is 10.5 Å². The number of hydrogen-bond donors (Lipinski definition) is 1. The van der Waals surface area contributed by atoms with Crippen molar-refractivity contribution in [2.45, 2.75) is 6.92 Å². The van der Waals surface area contributed by atoms with Crippen LogP contribution in [0.15, 0.2) is 12.1 Å². The fraction of sp³-hybridized carbons (Fsp3) is 0.364. The van der Waals surface area contributed by atoms with Crippen LogP contribution in [0.1, 0.15) is 6.92 Å². The lowest BCUT2D eigenvalue weighted by molar-refractivity contribution is -0.384. The zero-order valence-electron chi connectivity index (χ0n) is 10.3. The molecule has 0 aliphatic carbocycles. The molecule has 1 aromatic rings. The maximum Gasteiger partial charge on any atom is 0.276 e. The monoisotopic (exact) mass is 260 g/mol.